The lowest BCUT2D eigenvalue weighted by molar-refractivity contribution is -0.385. The number of nitro groups is 1. The van der Waals surface area contributed by atoms with Gasteiger partial charge < -0.3 is 9.47 Å². The van der Waals surface area contributed by atoms with Crippen LogP contribution in [-0.2, 0) is 9.53 Å². The summed E-state index contributed by atoms with van der Waals surface area (Å²) in [6.07, 6.45) is -0.631. The molecule has 0 spiro atoms. The van der Waals surface area contributed by atoms with Gasteiger partial charge in [-0.05, 0) is 37.1 Å². The number of hydrogen-bond donors (Lipinski definition) is 0. The van der Waals surface area contributed by atoms with E-state index in [-0.39, 0.29) is 12.3 Å². The molecule has 24 heavy (non-hydrogen) atoms. The molecular weight excluding hydrogens is 334 g/mol. The van der Waals surface area contributed by atoms with Crippen LogP contribution in [0.3, 0.4) is 0 Å². The molecule has 0 aliphatic heterocycles. The maximum atomic E-state index is 11.9. The van der Waals surface area contributed by atoms with Crippen LogP contribution >= 0.6 is 11.6 Å². The maximum Gasteiger partial charge on any atom is 0.344 e. The van der Waals surface area contributed by atoms with Crippen LogP contribution in [-0.4, -0.2) is 17.5 Å². The second-order valence-electron chi connectivity index (χ2n) is 5.21. The van der Waals surface area contributed by atoms with Crippen LogP contribution < -0.4 is 4.74 Å². The van der Waals surface area contributed by atoms with Crippen molar-refractivity contribution in [2.24, 2.45) is 0 Å². The quantitative estimate of drug-likeness (QED) is 0.442. The fourth-order valence-electron chi connectivity index (χ4n) is 2.05. The Kier molecular flexibility index (Phi) is 5.76. The van der Waals surface area contributed by atoms with E-state index in [2.05, 4.69) is 0 Å². The van der Waals surface area contributed by atoms with E-state index < -0.39 is 17.0 Å². The van der Waals surface area contributed by atoms with Crippen LogP contribution in [0.15, 0.2) is 42.5 Å². The third kappa shape index (κ3) is 4.70. The Balaban J connectivity index is 1.95. The molecule has 0 fully saturated rings. The normalized spacial score (nSPS) is 11.6. The smallest absolute Gasteiger partial charge is 0.344 e. The number of halogens is 1. The minimum absolute atomic E-state index is 0.0572. The molecule has 0 aromatic heterocycles. The van der Waals surface area contributed by atoms with Crippen LogP contribution in [0.25, 0.3) is 0 Å². The fraction of sp³-hybridized carbons (Fsp3) is 0.235. The van der Waals surface area contributed by atoms with Crippen LogP contribution in [0.1, 0.15) is 24.2 Å². The molecular formula is C17H16ClNO5. The van der Waals surface area contributed by atoms with Gasteiger partial charge in [-0.1, -0.05) is 29.8 Å². The molecule has 0 amide bonds. The van der Waals surface area contributed by atoms with Crippen molar-refractivity contribution in [3.05, 3.63) is 68.7 Å². The molecule has 0 radical (unpaired) electrons. The second-order valence-corrected chi connectivity index (χ2v) is 5.61. The summed E-state index contributed by atoms with van der Waals surface area (Å²) in [5.74, 6) is -0.191. The summed E-state index contributed by atoms with van der Waals surface area (Å²) >= 11 is 5.99. The molecule has 0 aliphatic rings. The van der Waals surface area contributed by atoms with Crippen molar-refractivity contribution in [1.29, 1.82) is 0 Å². The first kappa shape index (κ1) is 17.7. The molecule has 0 saturated heterocycles. The highest BCUT2D eigenvalue weighted by molar-refractivity contribution is 6.32. The van der Waals surface area contributed by atoms with Crippen molar-refractivity contribution in [2.75, 3.05) is 6.61 Å². The van der Waals surface area contributed by atoms with E-state index in [4.69, 9.17) is 21.1 Å². The van der Waals surface area contributed by atoms with E-state index in [0.29, 0.717) is 16.3 Å². The van der Waals surface area contributed by atoms with Gasteiger partial charge >= 0.3 is 5.97 Å². The SMILES string of the molecule is Cc1ccc(Cl)c(OCC(=O)O[C@@H](C)c2cccc([N+](=O)[O-])c2)c1. The van der Waals surface area contributed by atoms with Gasteiger partial charge in [-0.3, -0.25) is 10.1 Å². The van der Waals surface area contributed by atoms with Crippen LogP contribution in [0.5, 0.6) is 5.75 Å². The Morgan fingerprint density at radius 1 is 1.29 bits per heavy atom. The lowest BCUT2D eigenvalue weighted by Gasteiger charge is -2.14. The van der Waals surface area contributed by atoms with Gasteiger partial charge in [-0.2, -0.15) is 0 Å². The van der Waals surface area contributed by atoms with Crippen molar-refractivity contribution in [2.45, 2.75) is 20.0 Å². The average molecular weight is 350 g/mol. The molecule has 0 saturated carbocycles. The van der Waals surface area contributed by atoms with Gasteiger partial charge in [0.15, 0.2) is 6.61 Å². The third-order valence-corrected chi connectivity index (χ3v) is 3.60. The predicted molar refractivity (Wildman–Crippen MR) is 89.3 cm³/mol. The summed E-state index contributed by atoms with van der Waals surface area (Å²) in [7, 11) is 0. The molecule has 126 valence electrons. The standard InChI is InChI=1S/C17H16ClNO5/c1-11-6-7-15(18)16(8-11)23-10-17(20)24-12(2)13-4-3-5-14(9-13)19(21)22/h3-9,12H,10H2,1-2H3/t12-/m0/s1. The number of nitrogens with zero attached hydrogens (tertiary/aromatic N) is 1. The van der Waals surface area contributed by atoms with E-state index >= 15 is 0 Å². The number of non-ortho nitro benzene ring substituents is 1. The summed E-state index contributed by atoms with van der Waals surface area (Å²) in [6, 6.07) is 11.2. The number of nitro benzene ring substituents is 1. The number of rotatable bonds is 6. The highest BCUT2D eigenvalue weighted by Crippen LogP contribution is 2.26. The van der Waals surface area contributed by atoms with Gasteiger partial charge in [-0.15, -0.1) is 0 Å². The molecule has 6 nitrogen and oxygen atoms in total. The van der Waals surface area contributed by atoms with Crippen molar-refractivity contribution in [1.82, 2.24) is 0 Å². The molecule has 0 aliphatic carbocycles. The van der Waals surface area contributed by atoms with Crippen molar-refractivity contribution < 1.29 is 19.2 Å². The topological polar surface area (TPSA) is 78.7 Å². The number of carbonyl (C=O) groups is 1. The minimum Gasteiger partial charge on any atom is -0.480 e. The van der Waals surface area contributed by atoms with E-state index in [1.165, 1.54) is 12.1 Å². The predicted octanol–water partition coefficient (Wildman–Crippen LogP) is 4.24. The number of benzene rings is 2. The highest BCUT2D eigenvalue weighted by atomic mass is 35.5. The van der Waals surface area contributed by atoms with Crippen molar-refractivity contribution >= 4 is 23.3 Å². The Morgan fingerprint density at radius 3 is 2.75 bits per heavy atom. The van der Waals surface area contributed by atoms with Gasteiger partial charge in [0.1, 0.15) is 11.9 Å². The van der Waals surface area contributed by atoms with E-state index in [1.54, 1.807) is 31.2 Å². The molecule has 2 aromatic carbocycles. The zero-order valence-corrected chi connectivity index (χ0v) is 13.9. The number of carbonyl (C=O) groups excluding carboxylic acids is 1. The third-order valence-electron chi connectivity index (χ3n) is 3.29. The molecule has 0 unspecified atom stereocenters. The summed E-state index contributed by atoms with van der Waals surface area (Å²) in [4.78, 5) is 22.2. The fourth-order valence-corrected chi connectivity index (χ4v) is 2.22. The minimum atomic E-state index is -0.631. The van der Waals surface area contributed by atoms with Gasteiger partial charge in [0.25, 0.3) is 5.69 Å². The molecule has 0 N–H and O–H groups in total. The van der Waals surface area contributed by atoms with Crippen molar-refractivity contribution in [3.63, 3.8) is 0 Å². The maximum absolute atomic E-state index is 11.9. The molecule has 1 atom stereocenters. The first-order valence-electron chi connectivity index (χ1n) is 7.19. The Morgan fingerprint density at radius 2 is 2.04 bits per heavy atom. The van der Waals surface area contributed by atoms with E-state index in [1.807, 2.05) is 13.0 Å². The van der Waals surface area contributed by atoms with Crippen molar-refractivity contribution in [3.8, 4) is 5.75 Å². The summed E-state index contributed by atoms with van der Waals surface area (Å²) < 4.78 is 10.6. The van der Waals surface area contributed by atoms with Crippen LogP contribution in [0.2, 0.25) is 5.02 Å². The number of hydrogen-bond acceptors (Lipinski definition) is 5. The Labute approximate surface area is 144 Å². The summed E-state index contributed by atoms with van der Waals surface area (Å²) in [6.45, 7) is 3.21. The number of ether oxygens (including phenoxy) is 2. The van der Waals surface area contributed by atoms with Crippen LogP contribution in [0, 0.1) is 17.0 Å². The Hall–Kier alpha value is -2.60. The Bertz CT molecular complexity index is 762. The molecule has 2 aromatic rings. The first-order valence-corrected chi connectivity index (χ1v) is 7.57. The zero-order chi connectivity index (χ0) is 17.7. The largest absolute Gasteiger partial charge is 0.480 e. The van der Waals surface area contributed by atoms with E-state index in [9.17, 15) is 14.9 Å². The highest BCUT2D eigenvalue weighted by Gasteiger charge is 2.16. The average Bonchev–Trinajstić information content (AvgIpc) is 2.55. The molecule has 2 rings (SSSR count). The summed E-state index contributed by atoms with van der Waals surface area (Å²) in [5.41, 5.74) is 1.43. The van der Waals surface area contributed by atoms with Gasteiger partial charge in [-0.25, -0.2) is 4.79 Å². The van der Waals surface area contributed by atoms with Gasteiger partial charge in [0, 0.05) is 12.1 Å². The number of aryl methyl sites for hydroxylation is 1. The molecule has 0 bridgehead atoms. The van der Waals surface area contributed by atoms with Gasteiger partial charge in [0.2, 0.25) is 0 Å². The monoisotopic (exact) mass is 349 g/mol. The van der Waals surface area contributed by atoms with E-state index in [0.717, 1.165) is 5.56 Å². The lowest BCUT2D eigenvalue weighted by Crippen LogP contribution is -2.17. The molecule has 7 heteroatoms. The summed E-state index contributed by atoms with van der Waals surface area (Å²) in [5, 5.41) is 11.2. The zero-order valence-electron chi connectivity index (χ0n) is 13.2. The van der Waals surface area contributed by atoms with Crippen LogP contribution in [0.4, 0.5) is 5.69 Å². The first-order chi connectivity index (χ1) is 11.4. The lowest BCUT2D eigenvalue weighted by atomic mass is 10.1. The second kappa shape index (κ2) is 7.79. The van der Waals surface area contributed by atoms with Gasteiger partial charge in [0.05, 0.1) is 9.95 Å². The number of esters is 1. The molecule has 0 heterocycles.